The summed E-state index contributed by atoms with van der Waals surface area (Å²) < 4.78 is 1.76. The number of benzene rings is 2. The number of carbonyl (C=O) groups is 1. The van der Waals surface area contributed by atoms with E-state index < -0.39 is 0 Å². The molecule has 3 aromatic rings. The van der Waals surface area contributed by atoms with E-state index in [1.165, 1.54) is 55.0 Å². The Bertz CT molecular complexity index is 1500. The monoisotopic (exact) mass is 584 g/mol. The van der Waals surface area contributed by atoms with Gasteiger partial charge in [0.25, 0.3) is 5.56 Å². The molecule has 2 saturated heterocycles. The number of nitrogens with one attached hydrogen (secondary N) is 1. The Balaban J connectivity index is 1.37. The van der Waals surface area contributed by atoms with E-state index >= 15 is 0 Å². The summed E-state index contributed by atoms with van der Waals surface area (Å²) in [7, 11) is 0. The molecule has 2 aliphatic heterocycles. The SMILES string of the molecule is CCCCC(Sc1nc2ccccc2c(=O)n1-c1cccc(C2=CCCCC2)c1)C(=O)N1CCCC2(CCCNC2)C1. The number of unbranched alkanes of at least 4 members (excludes halogenated alkanes) is 1. The fourth-order valence-corrected chi connectivity index (χ4v) is 8.33. The highest BCUT2D eigenvalue weighted by atomic mass is 32.2. The minimum Gasteiger partial charge on any atom is -0.341 e. The summed E-state index contributed by atoms with van der Waals surface area (Å²) in [6.45, 7) is 5.90. The second-order valence-corrected chi connectivity index (χ2v) is 13.6. The van der Waals surface area contributed by atoms with Gasteiger partial charge >= 0.3 is 0 Å². The van der Waals surface area contributed by atoms with Crippen molar-refractivity contribution in [2.75, 3.05) is 26.2 Å². The number of carbonyl (C=O) groups excluding carboxylic acids is 1. The molecule has 0 saturated carbocycles. The van der Waals surface area contributed by atoms with Gasteiger partial charge in [-0.25, -0.2) is 4.98 Å². The van der Waals surface area contributed by atoms with Crippen molar-refractivity contribution in [3.05, 3.63) is 70.5 Å². The molecule has 0 radical (unpaired) electrons. The largest absolute Gasteiger partial charge is 0.341 e. The van der Waals surface area contributed by atoms with Crippen LogP contribution in [0.2, 0.25) is 0 Å². The molecular weight excluding hydrogens is 540 g/mol. The minimum atomic E-state index is -0.278. The van der Waals surface area contributed by atoms with Crippen molar-refractivity contribution in [1.29, 1.82) is 0 Å². The highest BCUT2D eigenvalue weighted by Gasteiger charge is 2.39. The summed E-state index contributed by atoms with van der Waals surface area (Å²) in [6, 6.07) is 15.9. The molecule has 7 heteroatoms. The highest BCUT2D eigenvalue weighted by molar-refractivity contribution is 8.00. The van der Waals surface area contributed by atoms with Crippen LogP contribution in [0.5, 0.6) is 0 Å². The van der Waals surface area contributed by atoms with Gasteiger partial charge in [-0.1, -0.05) is 61.9 Å². The molecule has 1 aliphatic carbocycles. The molecule has 42 heavy (non-hydrogen) atoms. The van der Waals surface area contributed by atoms with Gasteiger partial charge in [0.15, 0.2) is 5.16 Å². The number of thioether (sulfide) groups is 1. The van der Waals surface area contributed by atoms with Crippen molar-refractivity contribution in [1.82, 2.24) is 19.8 Å². The zero-order valence-electron chi connectivity index (χ0n) is 24.9. The molecule has 1 N–H and O–H groups in total. The molecule has 1 amide bonds. The Morgan fingerprint density at radius 2 is 1.98 bits per heavy atom. The number of likely N-dealkylation sites (tertiary alicyclic amines) is 1. The van der Waals surface area contributed by atoms with E-state index in [2.05, 4.69) is 35.3 Å². The van der Waals surface area contributed by atoms with Crippen LogP contribution in [0.25, 0.3) is 22.2 Å². The van der Waals surface area contributed by atoms with E-state index in [0.717, 1.165) is 70.4 Å². The Morgan fingerprint density at radius 3 is 2.79 bits per heavy atom. The third-order valence-electron chi connectivity index (χ3n) is 9.39. The first kappa shape index (κ1) is 29.2. The van der Waals surface area contributed by atoms with Gasteiger partial charge in [0, 0.05) is 25.0 Å². The molecule has 3 heterocycles. The molecule has 1 aromatic heterocycles. The molecule has 1 spiro atoms. The summed E-state index contributed by atoms with van der Waals surface area (Å²) in [5, 5.41) is 4.52. The molecule has 6 rings (SSSR count). The maximum absolute atomic E-state index is 14.3. The van der Waals surface area contributed by atoms with Crippen LogP contribution in [-0.2, 0) is 4.79 Å². The van der Waals surface area contributed by atoms with E-state index in [1.807, 2.05) is 36.4 Å². The second-order valence-electron chi connectivity index (χ2n) is 12.5. The summed E-state index contributed by atoms with van der Waals surface area (Å²) in [4.78, 5) is 35.5. The first-order valence-electron chi connectivity index (χ1n) is 16.0. The molecule has 2 aromatic carbocycles. The lowest BCUT2D eigenvalue weighted by Crippen LogP contribution is -2.54. The number of aromatic nitrogens is 2. The number of fused-ring (bicyclic) bond motifs is 1. The number of rotatable bonds is 8. The van der Waals surface area contributed by atoms with Crippen LogP contribution in [0.1, 0.15) is 83.1 Å². The molecule has 2 atom stereocenters. The number of piperidine rings is 2. The summed E-state index contributed by atoms with van der Waals surface area (Å²) in [6.07, 6.45) is 14.3. The topological polar surface area (TPSA) is 67.2 Å². The summed E-state index contributed by atoms with van der Waals surface area (Å²) in [5.74, 6) is 0.202. The predicted octanol–water partition coefficient (Wildman–Crippen LogP) is 6.99. The van der Waals surface area contributed by atoms with Crippen LogP contribution in [0, 0.1) is 5.41 Å². The summed E-state index contributed by atoms with van der Waals surface area (Å²) in [5.41, 5.74) is 4.14. The average Bonchev–Trinajstić information content (AvgIpc) is 3.04. The van der Waals surface area contributed by atoms with Gasteiger partial charge in [-0.15, -0.1) is 0 Å². The second kappa shape index (κ2) is 13.2. The number of allylic oxidation sites excluding steroid dienone is 2. The normalized spacial score (nSPS) is 21.8. The molecule has 0 bridgehead atoms. The van der Waals surface area contributed by atoms with Gasteiger partial charge in [-0.3, -0.25) is 14.2 Å². The minimum absolute atomic E-state index is 0.0789. The van der Waals surface area contributed by atoms with E-state index in [1.54, 1.807) is 4.57 Å². The van der Waals surface area contributed by atoms with Gasteiger partial charge in [0.1, 0.15) is 0 Å². The fraction of sp³-hybridized carbons (Fsp3) is 0.514. The number of hydrogen-bond donors (Lipinski definition) is 1. The summed E-state index contributed by atoms with van der Waals surface area (Å²) >= 11 is 1.49. The molecule has 222 valence electrons. The lowest BCUT2D eigenvalue weighted by molar-refractivity contribution is -0.134. The maximum Gasteiger partial charge on any atom is 0.266 e. The molecule has 2 fully saturated rings. The first-order chi connectivity index (χ1) is 20.6. The van der Waals surface area contributed by atoms with Crippen molar-refractivity contribution < 1.29 is 4.79 Å². The van der Waals surface area contributed by atoms with Crippen molar-refractivity contribution in [2.45, 2.75) is 88.0 Å². The lowest BCUT2D eigenvalue weighted by Gasteiger charge is -2.46. The molecular formula is C35H44N4O2S. The Labute approximate surface area is 254 Å². The predicted molar refractivity (Wildman–Crippen MR) is 173 cm³/mol. The Hall–Kier alpha value is -2.90. The van der Waals surface area contributed by atoms with Gasteiger partial charge < -0.3 is 10.2 Å². The van der Waals surface area contributed by atoms with Crippen molar-refractivity contribution >= 4 is 34.1 Å². The third kappa shape index (κ3) is 6.23. The molecule has 3 aliphatic rings. The zero-order valence-corrected chi connectivity index (χ0v) is 25.8. The van der Waals surface area contributed by atoms with Gasteiger partial charge in [0.2, 0.25) is 5.91 Å². The number of hydrogen-bond acceptors (Lipinski definition) is 5. The van der Waals surface area contributed by atoms with E-state index in [4.69, 9.17) is 4.98 Å². The van der Waals surface area contributed by atoms with Crippen LogP contribution >= 0.6 is 11.8 Å². The van der Waals surface area contributed by atoms with Crippen molar-refractivity contribution in [3.63, 3.8) is 0 Å². The van der Waals surface area contributed by atoms with Gasteiger partial charge in [-0.2, -0.15) is 0 Å². The van der Waals surface area contributed by atoms with Crippen molar-refractivity contribution in [2.24, 2.45) is 5.41 Å². The first-order valence-corrected chi connectivity index (χ1v) is 16.9. The smallest absolute Gasteiger partial charge is 0.266 e. The van der Waals surface area contributed by atoms with E-state index in [0.29, 0.717) is 16.1 Å². The van der Waals surface area contributed by atoms with E-state index in [-0.39, 0.29) is 22.1 Å². The van der Waals surface area contributed by atoms with Crippen LogP contribution < -0.4 is 10.9 Å². The van der Waals surface area contributed by atoms with E-state index in [9.17, 15) is 9.59 Å². The van der Waals surface area contributed by atoms with Crippen LogP contribution in [0.3, 0.4) is 0 Å². The quantitative estimate of drug-likeness (QED) is 0.228. The van der Waals surface area contributed by atoms with Gasteiger partial charge in [-0.05, 0) is 99.7 Å². The Kier molecular flexibility index (Phi) is 9.15. The molecule has 2 unspecified atom stereocenters. The Morgan fingerprint density at radius 1 is 1.10 bits per heavy atom. The van der Waals surface area contributed by atoms with Gasteiger partial charge in [0.05, 0.1) is 21.8 Å². The average molecular weight is 585 g/mol. The molecule has 6 nitrogen and oxygen atoms in total. The van der Waals surface area contributed by atoms with Crippen LogP contribution in [-0.4, -0.2) is 51.8 Å². The third-order valence-corrected chi connectivity index (χ3v) is 10.6. The van der Waals surface area contributed by atoms with Crippen LogP contribution in [0.15, 0.2) is 64.6 Å². The van der Waals surface area contributed by atoms with Crippen LogP contribution in [0.4, 0.5) is 0 Å². The van der Waals surface area contributed by atoms with Crippen molar-refractivity contribution in [3.8, 4) is 5.69 Å². The maximum atomic E-state index is 14.3. The lowest BCUT2D eigenvalue weighted by atomic mass is 9.74. The number of nitrogens with zero attached hydrogens (tertiary/aromatic N) is 3. The number of amides is 1. The zero-order chi connectivity index (χ0) is 28.9. The fourth-order valence-electron chi connectivity index (χ4n) is 7.09. The standard InChI is InChI=1S/C35H44N4O2S/c1-2-3-18-31(33(41)38-22-11-20-35(25-38)19-10-21-36-24-35)42-34-37-30-17-8-7-16-29(30)32(40)39(34)28-15-9-14-27(23-28)26-12-5-4-6-13-26/h7-9,12,14-17,23,31,36H,2-6,10-11,13,18-22,24-25H2,1H3. The number of para-hydroxylation sites is 1. The highest BCUT2D eigenvalue weighted by Crippen LogP contribution is 2.38.